The molecule has 0 bridgehead atoms. The highest BCUT2D eigenvalue weighted by Crippen LogP contribution is 2.46. The Morgan fingerprint density at radius 3 is 1.83 bits per heavy atom. The summed E-state index contributed by atoms with van der Waals surface area (Å²) in [5.41, 5.74) is 8.97. The zero-order valence-electron chi connectivity index (χ0n) is 27.0. The van der Waals surface area contributed by atoms with Gasteiger partial charge in [-0.1, -0.05) is 141 Å². The largest absolute Gasteiger partial charge is 0.310 e. The van der Waals surface area contributed by atoms with E-state index in [-0.39, 0.29) is 5.41 Å². The summed E-state index contributed by atoms with van der Waals surface area (Å²) in [4.78, 5) is 2.43. The van der Waals surface area contributed by atoms with Crippen molar-refractivity contribution in [1.29, 1.82) is 0 Å². The van der Waals surface area contributed by atoms with Crippen molar-refractivity contribution < 1.29 is 0 Å². The third-order valence-corrected chi connectivity index (χ3v) is 11.7. The molecule has 1 aromatic heterocycles. The van der Waals surface area contributed by atoms with Crippen LogP contribution >= 0.6 is 11.3 Å². The first kappa shape index (κ1) is 29.0. The Balaban J connectivity index is 1.16. The highest BCUT2D eigenvalue weighted by Gasteiger charge is 2.35. The lowest BCUT2D eigenvalue weighted by Crippen LogP contribution is -2.30. The summed E-state index contributed by atoms with van der Waals surface area (Å²) in [5.74, 6) is 0. The van der Waals surface area contributed by atoms with Gasteiger partial charge < -0.3 is 4.90 Å². The van der Waals surface area contributed by atoms with Crippen molar-refractivity contribution in [3.8, 4) is 11.1 Å². The normalized spacial score (nSPS) is 14.4. The second-order valence-corrected chi connectivity index (χ2v) is 14.3. The minimum Gasteiger partial charge on any atom is -0.310 e. The van der Waals surface area contributed by atoms with Gasteiger partial charge in [0.15, 0.2) is 0 Å². The van der Waals surface area contributed by atoms with Crippen LogP contribution in [-0.2, 0) is 5.41 Å². The molecule has 0 aliphatic heterocycles. The topological polar surface area (TPSA) is 3.24 Å². The van der Waals surface area contributed by atoms with E-state index in [0.29, 0.717) is 0 Å². The fourth-order valence-electron chi connectivity index (χ4n) is 8.15. The number of hydrogen-bond donors (Lipinski definition) is 0. The van der Waals surface area contributed by atoms with Gasteiger partial charge in [-0.2, -0.15) is 0 Å². The van der Waals surface area contributed by atoms with Gasteiger partial charge in [0.05, 0.1) is 0 Å². The van der Waals surface area contributed by atoms with Crippen LogP contribution in [0.4, 0.5) is 17.1 Å². The van der Waals surface area contributed by atoms with Gasteiger partial charge in [-0.15, -0.1) is 11.3 Å². The Morgan fingerprint density at radius 1 is 0.438 bits per heavy atom. The second kappa shape index (κ2) is 12.1. The van der Waals surface area contributed by atoms with Crippen molar-refractivity contribution in [1.82, 2.24) is 0 Å². The van der Waals surface area contributed by atoms with Gasteiger partial charge in [-0.05, 0) is 88.3 Å². The number of hydrogen-bond acceptors (Lipinski definition) is 2. The highest BCUT2D eigenvalue weighted by atomic mass is 32.1. The highest BCUT2D eigenvalue weighted by molar-refractivity contribution is 7.25. The molecule has 48 heavy (non-hydrogen) atoms. The van der Waals surface area contributed by atoms with E-state index in [2.05, 4.69) is 169 Å². The molecule has 1 aliphatic rings. The minimum atomic E-state index is 0.0823. The van der Waals surface area contributed by atoms with Gasteiger partial charge in [0.2, 0.25) is 0 Å². The molecule has 9 rings (SSSR count). The Labute approximate surface area is 286 Å². The third-order valence-electron chi connectivity index (χ3n) is 10.6. The van der Waals surface area contributed by atoms with E-state index in [1.165, 1.54) is 96.7 Å². The maximum atomic E-state index is 2.43. The molecule has 7 aromatic carbocycles. The van der Waals surface area contributed by atoms with Crippen LogP contribution < -0.4 is 4.90 Å². The van der Waals surface area contributed by atoms with Gasteiger partial charge in [-0.3, -0.25) is 0 Å². The van der Waals surface area contributed by atoms with E-state index in [1.54, 1.807) is 0 Å². The Hall–Kier alpha value is -5.18. The van der Waals surface area contributed by atoms with E-state index in [9.17, 15) is 0 Å². The van der Waals surface area contributed by atoms with Crippen LogP contribution in [0.5, 0.6) is 0 Å². The van der Waals surface area contributed by atoms with Crippen molar-refractivity contribution in [2.45, 2.75) is 37.5 Å². The molecule has 0 atom stereocenters. The summed E-state index contributed by atoms with van der Waals surface area (Å²) in [6, 6.07) is 60.8. The van der Waals surface area contributed by atoms with Crippen LogP contribution in [0.25, 0.3) is 42.1 Å². The summed E-state index contributed by atoms with van der Waals surface area (Å²) < 4.78 is 2.65. The second-order valence-electron chi connectivity index (χ2n) is 13.2. The van der Waals surface area contributed by atoms with Crippen LogP contribution in [0.15, 0.2) is 164 Å². The Kier molecular flexibility index (Phi) is 7.32. The molecule has 0 spiro atoms. The van der Waals surface area contributed by atoms with Crippen molar-refractivity contribution in [3.63, 3.8) is 0 Å². The van der Waals surface area contributed by atoms with E-state index in [1.807, 2.05) is 11.3 Å². The molecule has 1 aliphatic carbocycles. The zero-order valence-corrected chi connectivity index (χ0v) is 27.8. The predicted molar refractivity (Wildman–Crippen MR) is 207 cm³/mol. The lowest BCUT2D eigenvalue weighted by Gasteiger charge is -2.39. The van der Waals surface area contributed by atoms with Crippen molar-refractivity contribution in [2.24, 2.45) is 0 Å². The molecule has 0 unspecified atom stereocenters. The van der Waals surface area contributed by atoms with Crippen LogP contribution in [0.3, 0.4) is 0 Å². The van der Waals surface area contributed by atoms with Crippen molar-refractivity contribution >= 4 is 59.3 Å². The zero-order chi connectivity index (χ0) is 31.9. The van der Waals surface area contributed by atoms with Gasteiger partial charge >= 0.3 is 0 Å². The number of rotatable bonds is 6. The Bertz CT molecular complexity index is 2360. The lowest BCUT2D eigenvalue weighted by atomic mass is 9.65. The molecule has 2 heteroatoms. The maximum absolute atomic E-state index is 2.43. The van der Waals surface area contributed by atoms with Crippen molar-refractivity contribution in [2.75, 3.05) is 4.90 Å². The molecular weight excluding hydrogens is 599 g/mol. The maximum Gasteiger partial charge on any atom is 0.0476 e. The summed E-state index contributed by atoms with van der Waals surface area (Å²) >= 11 is 1.88. The molecule has 0 amide bonds. The fraction of sp³-hybridized carbons (Fsp3) is 0.130. The average molecular weight is 636 g/mol. The summed E-state index contributed by atoms with van der Waals surface area (Å²) in [5, 5.41) is 5.20. The van der Waals surface area contributed by atoms with Crippen molar-refractivity contribution in [3.05, 3.63) is 175 Å². The fourth-order valence-corrected chi connectivity index (χ4v) is 9.29. The predicted octanol–water partition coefficient (Wildman–Crippen LogP) is 13.6. The van der Waals surface area contributed by atoms with E-state index < -0.39 is 0 Å². The van der Waals surface area contributed by atoms with Gasteiger partial charge in [0.1, 0.15) is 0 Å². The summed E-state index contributed by atoms with van der Waals surface area (Å²) in [7, 11) is 0. The van der Waals surface area contributed by atoms with E-state index in [0.717, 1.165) is 5.69 Å². The molecule has 0 radical (unpaired) electrons. The van der Waals surface area contributed by atoms with Gasteiger partial charge in [0, 0.05) is 42.6 Å². The molecule has 0 saturated heterocycles. The number of anilines is 3. The number of nitrogens with zero attached hydrogens (tertiary/aromatic N) is 1. The van der Waals surface area contributed by atoms with Crippen LogP contribution in [0, 0.1) is 0 Å². The summed E-state index contributed by atoms with van der Waals surface area (Å²) in [6.07, 6.45) is 6.30. The monoisotopic (exact) mass is 635 g/mol. The third kappa shape index (κ3) is 5.00. The molecule has 232 valence electrons. The number of benzene rings is 7. The molecule has 1 fully saturated rings. The quantitative estimate of drug-likeness (QED) is 0.176. The summed E-state index contributed by atoms with van der Waals surface area (Å²) in [6.45, 7) is 0. The first-order valence-corrected chi connectivity index (χ1v) is 18.0. The van der Waals surface area contributed by atoms with Crippen LogP contribution in [0.1, 0.15) is 43.2 Å². The van der Waals surface area contributed by atoms with Gasteiger partial charge in [-0.25, -0.2) is 0 Å². The molecule has 8 aromatic rings. The smallest absolute Gasteiger partial charge is 0.0476 e. The Morgan fingerprint density at radius 2 is 1.04 bits per heavy atom. The molecule has 1 heterocycles. The lowest BCUT2D eigenvalue weighted by molar-refractivity contribution is 0.346. The van der Waals surface area contributed by atoms with E-state index >= 15 is 0 Å². The first-order chi connectivity index (χ1) is 23.8. The minimum absolute atomic E-state index is 0.0823. The molecule has 1 nitrogen and oxygen atoms in total. The number of fused-ring (bicyclic) bond motifs is 4. The molecule has 1 saturated carbocycles. The number of thiophene rings is 1. The average Bonchev–Trinajstić information content (AvgIpc) is 3.54. The van der Waals surface area contributed by atoms with Crippen LogP contribution in [-0.4, -0.2) is 0 Å². The SMILES string of the molecule is c1ccc(C2(c3ccc(N(c4ccc(-c5cccc6ccccc56)cc4)c4ccc5c(c4)sc4ccccc45)cc3)CCCCC2)cc1. The first-order valence-electron chi connectivity index (χ1n) is 17.2. The van der Waals surface area contributed by atoms with Gasteiger partial charge in [0.25, 0.3) is 0 Å². The molecular formula is C46H37NS. The molecule has 0 N–H and O–H groups in total. The van der Waals surface area contributed by atoms with Crippen LogP contribution in [0.2, 0.25) is 0 Å². The standard InChI is InChI=1S/C46H37NS/c1-3-14-35(15-4-1)46(30-9-2-10-31-46)36-22-26-38(27-23-36)47(39-28-29-43-42-17-7-8-19-44(42)48-45(43)32-39)37-24-20-34(21-25-37)41-18-11-13-33-12-5-6-16-40(33)41/h1,3-8,11-29,32H,2,9-10,30-31H2. The van der Waals surface area contributed by atoms with E-state index in [4.69, 9.17) is 0 Å².